The highest BCUT2D eigenvalue weighted by Crippen LogP contribution is 2.40. The molecule has 1 aliphatic rings. The lowest BCUT2D eigenvalue weighted by Gasteiger charge is -2.36. The summed E-state index contributed by atoms with van der Waals surface area (Å²) in [6.07, 6.45) is 5.41. The van der Waals surface area contributed by atoms with Gasteiger partial charge in [0, 0.05) is 5.38 Å². The molecule has 2 unspecified atom stereocenters. The Balaban J connectivity index is 2.46. The predicted molar refractivity (Wildman–Crippen MR) is 51.1 cm³/mol. The molecule has 0 heterocycles. The molecule has 0 radical (unpaired) electrons. The number of rotatable bonds is 1. The Morgan fingerprint density at radius 2 is 2.09 bits per heavy atom. The van der Waals surface area contributed by atoms with Gasteiger partial charge in [0.15, 0.2) is 0 Å². The van der Waals surface area contributed by atoms with E-state index in [4.69, 9.17) is 11.6 Å². The van der Waals surface area contributed by atoms with E-state index in [0.29, 0.717) is 10.8 Å². The Morgan fingerprint density at radius 3 is 2.45 bits per heavy atom. The van der Waals surface area contributed by atoms with Gasteiger partial charge in [-0.1, -0.05) is 20.3 Å². The molecule has 11 heavy (non-hydrogen) atoms. The lowest BCUT2D eigenvalue weighted by molar-refractivity contribution is 0.179. The minimum absolute atomic E-state index is 0.370. The SMILES string of the molecule is CC(Cl)C1CCCC(C)(C)C1. The maximum atomic E-state index is 6.08. The number of hydrogen-bond acceptors (Lipinski definition) is 0. The fourth-order valence-electron chi connectivity index (χ4n) is 2.15. The van der Waals surface area contributed by atoms with Crippen molar-refractivity contribution in [3.05, 3.63) is 0 Å². The first kappa shape index (κ1) is 9.38. The third-order valence-corrected chi connectivity index (χ3v) is 3.25. The van der Waals surface area contributed by atoms with Crippen molar-refractivity contribution in [1.82, 2.24) is 0 Å². The van der Waals surface area contributed by atoms with Gasteiger partial charge in [0.1, 0.15) is 0 Å². The summed E-state index contributed by atoms with van der Waals surface area (Å²) in [6, 6.07) is 0. The maximum absolute atomic E-state index is 6.08. The van der Waals surface area contributed by atoms with E-state index >= 15 is 0 Å². The molecule has 1 heteroatoms. The van der Waals surface area contributed by atoms with Crippen molar-refractivity contribution in [3.63, 3.8) is 0 Å². The highest BCUT2D eigenvalue weighted by atomic mass is 35.5. The van der Waals surface area contributed by atoms with Crippen LogP contribution in [0.1, 0.15) is 46.5 Å². The van der Waals surface area contributed by atoms with Gasteiger partial charge in [-0.15, -0.1) is 11.6 Å². The van der Waals surface area contributed by atoms with Crippen LogP contribution < -0.4 is 0 Å². The van der Waals surface area contributed by atoms with Crippen molar-refractivity contribution < 1.29 is 0 Å². The highest BCUT2D eigenvalue weighted by molar-refractivity contribution is 6.20. The molecule has 0 aromatic heterocycles. The third-order valence-electron chi connectivity index (χ3n) is 2.89. The molecule has 0 aromatic rings. The zero-order valence-electron chi connectivity index (χ0n) is 7.86. The topological polar surface area (TPSA) is 0 Å². The van der Waals surface area contributed by atoms with E-state index in [1.807, 2.05) is 0 Å². The standard InChI is InChI=1S/C10H19Cl/c1-8(11)9-5-4-6-10(2,3)7-9/h8-9H,4-7H2,1-3H3. The quantitative estimate of drug-likeness (QED) is 0.530. The molecule has 1 saturated carbocycles. The lowest BCUT2D eigenvalue weighted by Crippen LogP contribution is -2.26. The summed E-state index contributed by atoms with van der Waals surface area (Å²) < 4.78 is 0. The fraction of sp³-hybridized carbons (Fsp3) is 1.00. The van der Waals surface area contributed by atoms with E-state index in [-0.39, 0.29) is 0 Å². The zero-order chi connectivity index (χ0) is 8.48. The van der Waals surface area contributed by atoms with E-state index in [0.717, 1.165) is 5.92 Å². The van der Waals surface area contributed by atoms with Crippen molar-refractivity contribution in [3.8, 4) is 0 Å². The molecule has 0 spiro atoms. The summed E-state index contributed by atoms with van der Waals surface area (Å²) in [6.45, 7) is 6.85. The van der Waals surface area contributed by atoms with Crippen molar-refractivity contribution in [2.24, 2.45) is 11.3 Å². The second-order valence-corrected chi connectivity index (χ2v) is 5.39. The van der Waals surface area contributed by atoms with E-state index < -0.39 is 0 Å². The summed E-state index contributed by atoms with van der Waals surface area (Å²) >= 11 is 6.08. The van der Waals surface area contributed by atoms with Crippen LogP contribution in [0.25, 0.3) is 0 Å². The lowest BCUT2D eigenvalue weighted by atomic mass is 9.71. The van der Waals surface area contributed by atoms with Gasteiger partial charge in [-0.3, -0.25) is 0 Å². The molecule has 66 valence electrons. The Labute approximate surface area is 75.3 Å². The highest BCUT2D eigenvalue weighted by Gasteiger charge is 2.29. The second-order valence-electron chi connectivity index (χ2n) is 4.70. The largest absolute Gasteiger partial charge is 0.123 e. The van der Waals surface area contributed by atoms with Crippen molar-refractivity contribution in [1.29, 1.82) is 0 Å². The minimum Gasteiger partial charge on any atom is -0.123 e. The predicted octanol–water partition coefficient (Wildman–Crippen LogP) is 3.83. The second kappa shape index (κ2) is 3.35. The first-order valence-corrected chi connectivity index (χ1v) is 5.09. The molecule has 0 nitrogen and oxygen atoms in total. The molecule has 0 bridgehead atoms. The molecule has 2 atom stereocenters. The van der Waals surface area contributed by atoms with E-state index in [2.05, 4.69) is 20.8 Å². The van der Waals surface area contributed by atoms with Crippen LogP contribution in [-0.4, -0.2) is 5.38 Å². The van der Waals surface area contributed by atoms with Gasteiger partial charge in [-0.05, 0) is 37.5 Å². The zero-order valence-corrected chi connectivity index (χ0v) is 8.62. The van der Waals surface area contributed by atoms with Gasteiger partial charge in [-0.25, -0.2) is 0 Å². The maximum Gasteiger partial charge on any atom is 0.0336 e. The van der Waals surface area contributed by atoms with Gasteiger partial charge < -0.3 is 0 Å². The van der Waals surface area contributed by atoms with Gasteiger partial charge in [-0.2, -0.15) is 0 Å². The fourth-order valence-corrected chi connectivity index (χ4v) is 2.36. The van der Waals surface area contributed by atoms with Gasteiger partial charge in [0.05, 0.1) is 0 Å². The average molecular weight is 175 g/mol. The molecule has 1 fully saturated rings. The Hall–Kier alpha value is 0.290. The number of halogens is 1. The van der Waals surface area contributed by atoms with Crippen LogP contribution in [0.15, 0.2) is 0 Å². The van der Waals surface area contributed by atoms with E-state index in [1.165, 1.54) is 25.7 Å². The summed E-state index contributed by atoms with van der Waals surface area (Å²) in [5.74, 6) is 0.764. The molecule has 0 aromatic carbocycles. The molecule has 1 rings (SSSR count). The smallest absolute Gasteiger partial charge is 0.0336 e. The molecular formula is C10H19Cl. The Bertz CT molecular complexity index is 127. The molecule has 0 N–H and O–H groups in total. The molecular weight excluding hydrogens is 156 g/mol. The van der Waals surface area contributed by atoms with Crippen LogP contribution in [0.4, 0.5) is 0 Å². The minimum atomic E-state index is 0.370. The van der Waals surface area contributed by atoms with E-state index in [1.54, 1.807) is 0 Å². The van der Waals surface area contributed by atoms with Crippen LogP contribution in [0.3, 0.4) is 0 Å². The van der Waals surface area contributed by atoms with E-state index in [9.17, 15) is 0 Å². The first-order valence-electron chi connectivity index (χ1n) is 4.65. The van der Waals surface area contributed by atoms with Crippen LogP contribution in [0, 0.1) is 11.3 Å². The van der Waals surface area contributed by atoms with Crippen LogP contribution in [-0.2, 0) is 0 Å². The Morgan fingerprint density at radius 1 is 1.45 bits per heavy atom. The number of hydrogen-bond donors (Lipinski definition) is 0. The summed E-state index contributed by atoms with van der Waals surface area (Å²) in [4.78, 5) is 0. The molecule has 0 saturated heterocycles. The third kappa shape index (κ3) is 2.66. The van der Waals surface area contributed by atoms with Crippen LogP contribution in [0.5, 0.6) is 0 Å². The van der Waals surface area contributed by atoms with Crippen molar-refractivity contribution in [2.45, 2.75) is 51.8 Å². The molecule has 0 aliphatic heterocycles. The molecule has 0 amide bonds. The monoisotopic (exact) mass is 174 g/mol. The summed E-state index contributed by atoms with van der Waals surface area (Å²) in [5, 5.41) is 0.370. The van der Waals surface area contributed by atoms with Gasteiger partial charge in [0.25, 0.3) is 0 Å². The Kier molecular flexibility index (Phi) is 2.85. The molecule has 1 aliphatic carbocycles. The normalized spacial score (nSPS) is 33.3. The van der Waals surface area contributed by atoms with Crippen molar-refractivity contribution in [2.75, 3.05) is 0 Å². The summed E-state index contributed by atoms with van der Waals surface area (Å²) in [5.41, 5.74) is 0.548. The number of alkyl halides is 1. The van der Waals surface area contributed by atoms with Crippen molar-refractivity contribution >= 4 is 11.6 Å². The van der Waals surface area contributed by atoms with Gasteiger partial charge in [0.2, 0.25) is 0 Å². The summed E-state index contributed by atoms with van der Waals surface area (Å²) in [7, 11) is 0. The first-order chi connectivity index (χ1) is 5.01. The van der Waals surface area contributed by atoms with Crippen LogP contribution >= 0.6 is 11.6 Å². The van der Waals surface area contributed by atoms with Gasteiger partial charge >= 0.3 is 0 Å². The average Bonchev–Trinajstić information content (AvgIpc) is 1.85. The van der Waals surface area contributed by atoms with Crippen LogP contribution in [0.2, 0.25) is 0 Å².